The highest BCUT2D eigenvalue weighted by atomic mass is 16.5. The second-order valence-corrected chi connectivity index (χ2v) is 5.45. The van der Waals surface area contributed by atoms with Crippen LogP contribution < -0.4 is 10.6 Å². The fraction of sp³-hybridized carbons (Fsp3) is 0.846. The number of nitrogens with zero attached hydrogens (tertiary/aromatic N) is 2. The molecular formula is C13H22N4O2. The van der Waals surface area contributed by atoms with Crippen molar-refractivity contribution in [2.45, 2.75) is 44.7 Å². The summed E-state index contributed by atoms with van der Waals surface area (Å²) < 4.78 is 11.0. The number of hydrogen-bond acceptors (Lipinski definition) is 6. The van der Waals surface area contributed by atoms with Crippen LogP contribution in [0.25, 0.3) is 0 Å². The zero-order valence-corrected chi connectivity index (χ0v) is 11.2. The first-order valence-electron chi connectivity index (χ1n) is 7.27. The lowest BCUT2D eigenvalue weighted by Crippen LogP contribution is -2.15. The quantitative estimate of drug-likeness (QED) is 0.626. The predicted molar refractivity (Wildman–Crippen MR) is 70.8 cm³/mol. The molecule has 0 radical (unpaired) electrons. The van der Waals surface area contributed by atoms with E-state index in [1.165, 1.54) is 25.7 Å². The molecule has 6 heteroatoms. The van der Waals surface area contributed by atoms with E-state index < -0.39 is 0 Å². The van der Waals surface area contributed by atoms with Crippen molar-refractivity contribution in [2.24, 2.45) is 5.92 Å². The van der Waals surface area contributed by atoms with Crippen LogP contribution in [0.3, 0.4) is 0 Å². The molecule has 0 atom stereocenters. The molecule has 0 spiro atoms. The molecule has 2 saturated carbocycles. The number of aromatic nitrogens is 2. The second kappa shape index (κ2) is 6.34. The van der Waals surface area contributed by atoms with Gasteiger partial charge in [-0.15, -0.1) is 5.10 Å². The first-order valence-corrected chi connectivity index (χ1v) is 7.27. The third kappa shape index (κ3) is 4.80. The van der Waals surface area contributed by atoms with Gasteiger partial charge < -0.3 is 19.8 Å². The first kappa shape index (κ1) is 12.9. The molecule has 2 fully saturated rings. The highest BCUT2D eigenvalue weighted by Gasteiger charge is 2.21. The Morgan fingerprint density at radius 1 is 1.21 bits per heavy atom. The number of nitrogens with one attached hydrogen (secondary N) is 2. The Labute approximate surface area is 113 Å². The number of rotatable bonds is 10. The van der Waals surface area contributed by atoms with Crippen LogP contribution in [0.1, 0.15) is 38.0 Å². The van der Waals surface area contributed by atoms with Crippen LogP contribution in [-0.4, -0.2) is 36.0 Å². The summed E-state index contributed by atoms with van der Waals surface area (Å²) in [6, 6.07) is 1.17. The maximum atomic E-state index is 5.56. The van der Waals surface area contributed by atoms with Crippen molar-refractivity contribution in [3.05, 3.63) is 5.89 Å². The molecule has 1 heterocycles. The van der Waals surface area contributed by atoms with Crippen molar-refractivity contribution in [3.8, 4) is 0 Å². The van der Waals surface area contributed by atoms with E-state index >= 15 is 0 Å². The average Bonchev–Trinajstić information content (AvgIpc) is 3.33. The fourth-order valence-corrected chi connectivity index (χ4v) is 1.82. The Bertz CT molecular complexity index is 388. The van der Waals surface area contributed by atoms with Gasteiger partial charge in [-0.1, -0.05) is 5.10 Å². The molecule has 0 unspecified atom stereocenters. The smallest absolute Gasteiger partial charge is 0.315 e. The molecule has 0 amide bonds. The van der Waals surface area contributed by atoms with Crippen LogP contribution >= 0.6 is 0 Å². The molecule has 3 rings (SSSR count). The molecule has 19 heavy (non-hydrogen) atoms. The first-order chi connectivity index (χ1) is 9.40. The third-order valence-electron chi connectivity index (χ3n) is 3.38. The minimum absolute atomic E-state index is 0.509. The Morgan fingerprint density at radius 3 is 2.89 bits per heavy atom. The molecule has 1 aromatic heterocycles. The summed E-state index contributed by atoms with van der Waals surface area (Å²) in [6.45, 7) is 3.21. The molecule has 6 nitrogen and oxygen atoms in total. The second-order valence-electron chi connectivity index (χ2n) is 5.45. The van der Waals surface area contributed by atoms with Gasteiger partial charge in [0.1, 0.15) is 0 Å². The predicted octanol–water partition coefficient (Wildman–Crippen LogP) is 1.55. The Kier molecular flexibility index (Phi) is 4.30. The lowest BCUT2D eigenvalue weighted by Gasteiger charge is -2.03. The maximum Gasteiger partial charge on any atom is 0.315 e. The van der Waals surface area contributed by atoms with Gasteiger partial charge in [0.2, 0.25) is 5.89 Å². The van der Waals surface area contributed by atoms with Gasteiger partial charge in [0, 0.05) is 25.8 Å². The van der Waals surface area contributed by atoms with E-state index in [1.54, 1.807) is 0 Å². The number of ether oxygens (including phenoxy) is 1. The summed E-state index contributed by atoms with van der Waals surface area (Å²) in [6.07, 6.45) is 6.18. The Hall–Kier alpha value is -1.14. The largest absolute Gasteiger partial charge is 0.407 e. The summed E-state index contributed by atoms with van der Waals surface area (Å²) in [7, 11) is 0. The van der Waals surface area contributed by atoms with E-state index in [4.69, 9.17) is 9.15 Å². The van der Waals surface area contributed by atoms with Gasteiger partial charge in [-0.3, -0.25) is 0 Å². The molecule has 2 aliphatic carbocycles. The fourth-order valence-electron chi connectivity index (χ4n) is 1.82. The SMILES string of the molecule is C(CNc1nnc(CNC2CC2)o1)COCC1CC1. The molecular weight excluding hydrogens is 244 g/mol. The molecule has 2 aliphatic rings. The zero-order valence-electron chi connectivity index (χ0n) is 11.2. The molecule has 0 aromatic carbocycles. The zero-order chi connectivity index (χ0) is 12.9. The molecule has 0 bridgehead atoms. The van der Waals surface area contributed by atoms with E-state index in [1.807, 2.05) is 0 Å². The molecule has 106 valence electrons. The summed E-state index contributed by atoms with van der Waals surface area (Å²) in [5, 5.41) is 14.4. The average molecular weight is 266 g/mol. The summed E-state index contributed by atoms with van der Waals surface area (Å²) in [4.78, 5) is 0. The van der Waals surface area contributed by atoms with Gasteiger partial charge in [-0.2, -0.15) is 0 Å². The van der Waals surface area contributed by atoms with Gasteiger partial charge in [0.05, 0.1) is 6.54 Å². The summed E-state index contributed by atoms with van der Waals surface area (Å²) in [5.41, 5.74) is 0. The Morgan fingerprint density at radius 2 is 2.11 bits per heavy atom. The Balaban J connectivity index is 1.24. The van der Waals surface area contributed by atoms with Crippen molar-refractivity contribution < 1.29 is 9.15 Å². The van der Waals surface area contributed by atoms with Crippen molar-refractivity contribution >= 4 is 6.01 Å². The van der Waals surface area contributed by atoms with Crippen molar-refractivity contribution in [1.29, 1.82) is 0 Å². The van der Waals surface area contributed by atoms with E-state index in [9.17, 15) is 0 Å². The van der Waals surface area contributed by atoms with Gasteiger partial charge in [-0.25, -0.2) is 0 Å². The van der Waals surface area contributed by atoms with Crippen molar-refractivity contribution in [1.82, 2.24) is 15.5 Å². The summed E-state index contributed by atoms with van der Waals surface area (Å²) >= 11 is 0. The van der Waals surface area contributed by atoms with Crippen LogP contribution in [0.15, 0.2) is 4.42 Å². The van der Waals surface area contributed by atoms with Crippen molar-refractivity contribution in [2.75, 3.05) is 25.1 Å². The normalized spacial score (nSPS) is 18.7. The van der Waals surface area contributed by atoms with Gasteiger partial charge in [-0.05, 0) is 38.0 Å². The standard InChI is InChI=1S/C13H22N4O2/c1(7-18-9-10-2-3-10)6-14-13-17-16-12(19-13)8-15-11-4-5-11/h10-11,15H,1-9H2,(H,14,17). The minimum Gasteiger partial charge on any atom is -0.407 e. The molecule has 2 N–H and O–H groups in total. The van der Waals surface area contributed by atoms with Crippen LogP contribution in [0, 0.1) is 5.92 Å². The van der Waals surface area contributed by atoms with Crippen LogP contribution in [0.2, 0.25) is 0 Å². The monoisotopic (exact) mass is 266 g/mol. The molecule has 1 aromatic rings. The van der Waals surface area contributed by atoms with E-state index in [-0.39, 0.29) is 0 Å². The number of hydrogen-bond donors (Lipinski definition) is 2. The van der Waals surface area contributed by atoms with Crippen LogP contribution in [0.5, 0.6) is 0 Å². The molecule has 0 saturated heterocycles. The topological polar surface area (TPSA) is 72.2 Å². The minimum atomic E-state index is 0.509. The molecule has 0 aliphatic heterocycles. The lowest BCUT2D eigenvalue weighted by molar-refractivity contribution is 0.124. The van der Waals surface area contributed by atoms with Gasteiger partial charge in [0.15, 0.2) is 0 Å². The summed E-state index contributed by atoms with van der Waals surface area (Å²) in [5.74, 6) is 1.49. The van der Waals surface area contributed by atoms with Gasteiger partial charge in [0.25, 0.3) is 0 Å². The highest BCUT2D eigenvalue weighted by molar-refractivity contribution is 5.16. The van der Waals surface area contributed by atoms with Gasteiger partial charge >= 0.3 is 6.01 Å². The van der Waals surface area contributed by atoms with E-state index in [0.29, 0.717) is 24.5 Å². The third-order valence-corrected chi connectivity index (χ3v) is 3.38. The maximum absolute atomic E-state index is 5.56. The highest BCUT2D eigenvalue weighted by Crippen LogP contribution is 2.28. The van der Waals surface area contributed by atoms with Crippen LogP contribution in [0.4, 0.5) is 6.01 Å². The number of anilines is 1. The van der Waals surface area contributed by atoms with E-state index in [0.717, 1.165) is 32.1 Å². The van der Waals surface area contributed by atoms with E-state index in [2.05, 4.69) is 20.8 Å². The van der Waals surface area contributed by atoms with Crippen LogP contribution in [-0.2, 0) is 11.3 Å². The van der Waals surface area contributed by atoms with Crippen molar-refractivity contribution in [3.63, 3.8) is 0 Å². The lowest BCUT2D eigenvalue weighted by atomic mass is 10.4.